The Bertz CT molecular complexity index is 1140. The third-order valence-corrected chi connectivity index (χ3v) is 6.73. The summed E-state index contributed by atoms with van der Waals surface area (Å²) >= 11 is 1.76. The first-order valence-electron chi connectivity index (χ1n) is 10.1. The number of hydrogen-bond donors (Lipinski definition) is 1. The summed E-state index contributed by atoms with van der Waals surface area (Å²) in [6.07, 6.45) is 2.27. The number of rotatable bonds is 4. The zero-order valence-corrected chi connectivity index (χ0v) is 17.0. The highest BCUT2D eigenvalue weighted by atomic mass is 32.1. The maximum atomic E-state index is 12.7. The van der Waals surface area contributed by atoms with Crippen LogP contribution in [0.4, 0.5) is 5.13 Å². The SMILES string of the molecule is O=C(NCC1CCCN(c2nc3ccccc3s2)C1)c1ccc2ccccc2c1. The molecule has 4 aromatic rings. The molecule has 1 aliphatic rings. The molecule has 4 nitrogen and oxygen atoms in total. The van der Waals surface area contributed by atoms with Gasteiger partial charge in [-0.15, -0.1) is 0 Å². The summed E-state index contributed by atoms with van der Waals surface area (Å²) in [5, 5.41) is 6.50. The number of anilines is 1. The topological polar surface area (TPSA) is 45.2 Å². The minimum atomic E-state index is 0.00728. The van der Waals surface area contributed by atoms with E-state index in [4.69, 9.17) is 4.98 Å². The van der Waals surface area contributed by atoms with Crippen LogP contribution in [0.3, 0.4) is 0 Å². The van der Waals surface area contributed by atoms with Crippen LogP contribution in [0.5, 0.6) is 0 Å². The number of nitrogens with zero attached hydrogens (tertiary/aromatic N) is 2. The highest BCUT2D eigenvalue weighted by molar-refractivity contribution is 7.22. The molecule has 0 spiro atoms. The van der Waals surface area contributed by atoms with E-state index in [0.29, 0.717) is 12.5 Å². The molecule has 3 aromatic carbocycles. The quantitative estimate of drug-likeness (QED) is 0.518. The van der Waals surface area contributed by atoms with Crippen LogP contribution < -0.4 is 10.2 Å². The van der Waals surface area contributed by atoms with Crippen molar-refractivity contribution in [1.29, 1.82) is 0 Å². The highest BCUT2D eigenvalue weighted by Gasteiger charge is 2.23. The van der Waals surface area contributed by atoms with Crippen LogP contribution in [-0.4, -0.2) is 30.5 Å². The van der Waals surface area contributed by atoms with E-state index in [1.54, 1.807) is 11.3 Å². The number of carbonyl (C=O) groups excluding carboxylic acids is 1. The van der Waals surface area contributed by atoms with Crippen molar-refractivity contribution in [2.45, 2.75) is 12.8 Å². The monoisotopic (exact) mass is 401 g/mol. The Balaban J connectivity index is 1.23. The van der Waals surface area contributed by atoms with Crippen LogP contribution in [0.1, 0.15) is 23.2 Å². The van der Waals surface area contributed by atoms with Gasteiger partial charge in [-0.1, -0.05) is 53.8 Å². The fourth-order valence-electron chi connectivity index (χ4n) is 4.07. The van der Waals surface area contributed by atoms with Gasteiger partial charge in [-0.3, -0.25) is 4.79 Å². The molecular weight excluding hydrogens is 378 g/mol. The van der Waals surface area contributed by atoms with E-state index in [2.05, 4.69) is 34.5 Å². The van der Waals surface area contributed by atoms with E-state index in [9.17, 15) is 4.79 Å². The second-order valence-electron chi connectivity index (χ2n) is 7.69. The third-order valence-electron chi connectivity index (χ3n) is 5.64. The van der Waals surface area contributed by atoms with Crippen molar-refractivity contribution < 1.29 is 4.79 Å². The summed E-state index contributed by atoms with van der Waals surface area (Å²) in [6, 6.07) is 22.3. The minimum absolute atomic E-state index is 0.00728. The lowest BCUT2D eigenvalue weighted by Crippen LogP contribution is -2.41. The summed E-state index contributed by atoms with van der Waals surface area (Å²) in [4.78, 5) is 19.8. The summed E-state index contributed by atoms with van der Waals surface area (Å²) < 4.78 is 1.23. The molecule has 1 aromatic heterocycles. The Morgan fingerprint density at radius 1 is 1.07 bits per heavy atom. The third kappa shape index (κ3) is 3.83. The molecule has 5 rings (SSSR count). The van der Waals surface area contributed by atoms with Gasteiger partial charge in [-0.05, 0) is 53.8 Å². The molecule has 1 fully saturated rings. The van der Waals surface area contributed by atoms with Crippen molar-refractivity contribution in [3.8, 4) is 0 Å². The zero-order chi connectivity index (χ0) is 19.6. The smallest absolute Gasteiger partial charge is 0.251 e. The molecule has 1 unspecified atom stereocenters. The van der Waals surface area contributed by atoms with Gasteiger partial charge in [-0.25, -0.2) is 4.98 Å². The first kappa shape index (κ1) is 18.1. The normalized spacial score (nSPS) is 17.0. The molecular formula is C24H23N3OS. The molecule has 1 saturated heterocycles. The van der Waals surface area contributed by atoms with Crippen molar-refractivity contribution in [2.24, 2.45) is 5.92 Å². The van der Waals surface area contributed by atoms with Crippen molar-refractivity contribution in [2.75, 3.05) is 24.5 Å². The van der Waals surface area contributed by atoms with E-state index in [1.807, 2.05) is 42.5 Å². The zero-order valence-electron chi connectivity index (χ0n) is 16.2. The van der Waals surface area contributed by atoms with Gasteiger partial charge in [0.15, 0.2) is 5.13 Å². The van der Waals surface area contributed by atoms with Crippen molar-refractivity contribution in [1.82, 2.24) is 10.3 Å². The Labute approximate surface area is 174 Å². The fraction of sp³-hybridized carbons (Fsp3) is 0.250. The molecule has 1 N–H and O–H groups in total. The summed E-state index contributed by atoms with van der Waals surface area (Å²) in [5.41, 5.74) is 1.79. The number of para-hydroxylation sites is 1. The van der Waals surface area contributed by atoms with Gasteiger partial charge >= 0.3 is 0 Å². The first-order chi connectivity index (χ1) is 14.3. The second kappa shape index (κ2) is 7.84. The van der Waals surface area contributed by atoms with Crippen LogP contribution >= 0.6 is 11.3 Å². The van der Waals surface area contributed by atoms with Gasteiger partial charge in [0, 0.05) is 25.2 Å². The van der Waals surface area contributed by atoms with Gasteiger partial charge in [0.25, 0.3) is 5.91 Å². The number of hydrogen-bond acceptors (Lipinski definition) is 4. The molecule has 0 bridgehead atoms. The predicted molar refractivity (Wildman–Crippen MR) is 121 cm³/mol. The number of nitrogens with one attached hydrogen (secondary N) is 1. The van der Waals surface area contributed by atoms with Crippen LogP contribution in [-0.2, 0) is 0 Å². The van der Waals surface area contributed by atoms with Gasteiger partial charge in [-0.2, -0.15) is 0 Å². The lowest BCUT2D eigenvalue weighted by molar-refractivity contribution is 0.0946. The number of aromatic nitrogens is 1. The molecule has 1 atom stereocenters. The molecule has 146 valence electrons. The Kier molecular flexibility index (Phi) is 4.90. The molecule has 1 aliphatic heterocycles. The molecule has 0 radical (unpaired) electrons. The van der Waals surface area contributed by atoms with Gasteiger partial charge < -0.3 is 10.2 Å². The average Bonchev–Trinajstić information content (AvgIpc) is 3.22. The maximum Gasteiger partial charge on any atom is 0.251 e. The summed E-state index contributed by atoms with van der Waals surface area (Å²) in [6.45, 7) is 2.68. The second-order valence-corrected chi connectivity index (χ2v) is 8.70. The average molecular weight is 402 g/mol. The molecule has 1 amide bonds. The maximum absolute atomic E-state index is 12.7. The van der Waals surface area contributed by atoms with E-state index in [1.165, 1.54) is 4.70 Å². The Morgan fingerprint density at radius 3 is 2.79 bits per heavy atom. The fourth-order valence-corrected chi connectivity index (χ4v) is 5.07. The predicted octanol–water partition coefficient (Wildman–Crippen LogP) is 5.10. The highest BCUT2D eigenvalue weighted by Crippen LogP contribution is 2.31. The Morgan fingerprint density at radius 2 is 1.90 bits per heavy atom. The van der Waals surface area contributed by atoms with E-state index in [-0.39, 0.29) is 5.91 Å². The molecule has 2 heterocycles. The van der Waals surface area contributed by atoms with Gasteiger partial charge in [0.1, 0.15) is 0 Å². The Hall–Kier alpha value is -2.92. The van der Waals surface area contributed by atoms with Crippen molar-refractivity contribution in [3.63, 3.8) is 0 Å². The molecule has 5 heteroatoms. The van der Waals surface area contributed by atoms with Gasteiger partial charge in [0.2, 0.25) is 0 Å². The minimum Gasteiger partial charge on any atom is -0.352 e. The van der Waals surface area contributed by atoms with Crippen LogP contribution in [0.15, 0.2) is 66.7 Å². The van der Waals surface area contributed by atoms with E-state index >= 15 is 0 Å². The number of fused-ring (bicyclic) bond motifs is 2. The summed E-state index contributed by atoms with van der Waals surface area (Å²) in [7, 11) is 0. The number of benzene rings is 3. The van der Waals surface area contributed by atoms with Crippen molar-refractivity contribution in [3.05, 3.63) is 72.3 Å². The summed E-state index contributed by atoms with van der Waals surface area (Å²) in [5.74, 6) is 0.452. The number of amides is 1. The van der Waals surface area contributed by atoms with E-state index < -0.39 is 0 Å². The van der Waals surface area contributed by atoms with Gasteiger partial charge in [0.05, 0.1) is 10.2 Å². The lowest BCUT2D eigenvalue weighted by atomic mass is 9.98. The van der Waals surface area contributed by atoms with E-state index in [0.717, 1.165) is 52.9 Å². The lowest BCUT2D eigenvalue weighted by Gasteiger charge is -2.32. The first-order valence-corrected chi connectivity index (χ1v) is 11.0. The molecule has 0 saturated carbocycles. The van der Waals surface area contributed by atoms with Crippen LogP contribution in [0.2, 0.25) is 0 Å². The number of piperidine rings is 1. The standard InChI is InChI=1S/C24H23N3OS/c28-23(20-12-11-18-7-1-2-8-19(18)14-20)25-15-17-6-5-13-27(16-17)24-26-21-9-3-4-10-22(21)29-24/h1-4,7-12,14,17H,5-6,13,15-16H2,(H,25,28). The number of thiazole rings is 1. The molecule has 29 heavy (non-hydrogen) atoms. The largest absolute Gasteiger partial charge is 0.352 e. The van der Waals surface area contributed by atoms with Crippen molar-refractivity contribution >= 4 is 43.4 Å². The van der Waals surface area contributed by atoms with Crippen LogP contribution in [0.25, 0.3) is 21.0 Å². The number of carbonyl (C=O) groups is 1. The molecule has 0 aliphatic carbocycles. The van der Waals surface area contributed by atoms with Crippen LogP contribution in [0, 0.1) is 5.92 Å².